The second-order valence-electron chi connectivity index (χ2n) is 6.67. The lowest BCUT2D eigenvalue weighted by Gasteiger charge is -2.40. The molecular formula is C18H30N2. The van der Waals surface area contributed by atoms with Gasteiger partial charge in [-0.3, -0.25) is 9.80 Å². The number of piperazine rings is 1. The molecule has 1 heterocycles. The summed E-state index contributed by atoms with van der Waals surface area (Å²) in [5, 5.41) is 0. The van der Waals surface area contributed by atoms with Gasteiger partial charge in [-0.2, -0.15) is 0 Å². The number of rotatable bonds is 4. The maximum atomic E-state index is 2.62. The first-order valence-electron chi connectivity index (χ1n) is 8.07. The van der Waals surface area contributed by atoms with E-state index in [1.165, 1.54) is 37.3 Å². The first-order chi connectivity index (χ1) is 9.49. The van der Waals surface area contributed by atoms with Crippen molar-refractivity contribution < 1.29 is 0 Å². The summed E-state index contributed by atoms with van der Waals surface area (Å²) in [4.78, 5) is 5.20. The third-order valence-corrected chi connectivity index (χ3v) is 4.69. The lowest BCUT2D eigenvalue weighted by Crippen LogP contribution is -2.49. The number of benzene rings is 1. The Bertz CT molecular complexity index is 417. The highest BCUT2D eigenvalue weighted by molar-refractivity contribution is 5.27. The molecule has 1 aromatic rings. The third-order valence-electron chi connectivity index (χ3n) is 4.69. The molecule has 0 saturated carbocycles. The molecule has 0 aromatic heterocycles. The second-order valence-corrected chi connectivity index (χ2v) is 6.67. The van der Waals surface area contributed by atoms with Gasteiger partial charge >= 0.3 is 0 Å². The molecule has 0 N–H and O–H groups in total. The first kappa shape index (κ1) is 15.5. The summed E-state index contributed by atoms with van der Waals surface area (Å²) in [7, 11) is 0. The Balaban J connectivity index is 2.01. The van der Waals surface area contributed by atoms with Gasteiger partial charge in [-0.25, -0.2) is 0 Å². The smallest absolute Gasteiger partial charge is 0.0321 e. The average Bonchev–Trinajstić information content (AvgIpc) is 2.46. The van der Waals surface area contributed by atoms with E-state index in [1.807, 2.05) is 0 Å². The molecule has 0 unspecified atom stereocenters. The number of hydrogen-bond acceptors (Lipinski definition) is 2. The van der Waals surface area contributed by atoms with E-state index in [-0.39, 0.29) is 0 Å². The van der Waals surface area contributed by atoms with Crippen molar-refractivity contribution in [2.24, 2.45) is 0 Å². The van der Waals surface area contributed by atoms with Crippen LogP contribution in [0.15, 0.2) is 24.3 Å². The molecule has 1 aromatic carbocycles. The quantitative estimate of drug-likeness (QED) is 0.821. The molecule has 0 spiro atoms. The van der Waals surface area contributed by atoms with Crippen molar-refractivity contribution in [3.63, 3.8) is 0 Å². The molecule has 0 aliphatic carbocycles. The highest BCUT2D eigenvalue weighted by Crippen LogP contribution is 2.25. The fourth-order valence-corrected chi connectivity index (χ4v) is 3.03. The molecule has 2 nitrogen and oxygen atoms in total. The fraction of sp³-hybridized carbons (Fsp3) is 0.667. The van der Waals surface area contributed by atoms with Crippen molar-refractivity contribution in [1.82, 2.24) is 9.80 Å². The molecule has 2 rings (SSSR count). The van der Waals surface area contributed by atoms with Crippen molar-refractivity contribution in [1.29, 1.82) is 0 Å². The van der Waals surface area contributed by atoms with Crippen molar-refractivity contribution in [3.8, 4) is 0 Å². The van der Waals surface area contributed by atoms with Gasteiger partial charge in [0, 0.05) is 38.3 Å². The van der Waals surface area contributed by atoms with E-state index < -0.39 is 0 Å². The van der Waals surface area contributed by atoms with Gasteiger partial charge in [-0.15, -0.1) is 0 Å². The predicted molar refractivity (Wildman–Crippen MR) is 87.2 cm³/mol. The zero-order chi connectivity index (χ0) is 14.7. The van der Waals surface area contributed by atoms with Crippen LogP contribution in [0.5, 0.6) is 0 Å². The van der Waals surface area contributed by atoms with Gasteiger partial charge in [0.05, 0.1) is 0 Å². The van der Waals surface area contributed by atoms with Crippen molar-refractivity contribution in [3.05, 3.63) is 35.4 Å². The van der Waals surface area contributed by atoms with Crippen LogP contribution in [-0.2, 0) is 0 Å². The van der Waals surface area contributed by atoms with Crippen LogP contribution >= 0.6 is 0 Å². The zero-order valence-electron chi connectivity index (χ0n) is 13.8. The van der Waals surface area contributed by atoms with E-state index >= 15 is 0 Å². The lowest BCUT2D eigenvalue weighted by atomic mass is 9.97. The Morgan fingerprint density at radius 1 is 0.800 bits per heavy atom. The van der Waals surface area contributed by atoms with Crippen LogP contribution in [0, 0.1) is 0 Å². The Morgan fingerprint density at radius 3 is 1.90 bits per heavy atom. The Morgan fingerprint density at radius 2 is 1.35 bits per heavy atom. The SMILES string of the molecule is CC(C)c1cccc([C@H](C)N2CCN(C(C)C)CC2)c1. The molecule has 1 fully saturated rings. The van der Waals surface area contributed by atoms with E-state index in [9.17, 15) is 0 Å². The highest BCUT2D eigenvalue weighted by atomic mass is 15.3. The molecular weight excluding hydrogens is 244 g/mol. The van der Waals surface area contributed by atoms with Gasteiger partial charge in [0.15, 0.2) is 0 Å². The summed E-state index contributed by atoms with van der Waals surface area (Å²) < 4.78 is 0. The molecule has 2 heteroatoms. The van der Waals surface area contributed by atoms with Crippen LogP contribution in [0.4, 0.5) is 0 Å². The zero-order valence-corrected chi connectivity index (χ0v) is 13.8. The van der Waals surface area contributed by atoms with Gasteiger partial charge in [0.1, 0.15) is 0 Å². The van der Waals surface area contributed by atoms with Crippen molar-refractivity contribution in [2.75, 3.05) is 26.2 Å². The first-order valence-corrected chi connectivity index (χ1v) is 8.07. The van der Waals surface area contributed by atoms with Gasteiger partial charge in [-0.1, -0.05) is 38.1 Å². The fourth-order valence-electron chi connectivity index (χ4n) is 3.03. The minimum atomic E-state index is 0.531. The van der Waals surface area contributed by atoms with Crippen molar-refractivity contribution >= 4 is 0 Å². The molecule has 1 saturated heterocycles. The summed E-state index contributed by atoms with van der Waals surface area (Å²) in [6, 6.07) is 10.3. The molecule has 1 aliphatic rings. The summed E-state index contributed by atoms with van der Waals surface area (Å²) in [5.74, 6) is 0.611. The van der Waals surface area contributed by atoms with Crippen LogP contribution in [0.1, 0.15) is 57.7 Å². The third kappa shape index (κ3) is 3.62. The standard InChI is InChI=1S/C18H30N2/c1-14(2)17-7-6-8-18(13-17)16(5)20-11-9-19(10-12-20)15(3)4/h6-8,13-16H,9-12H2,1-5H3/t16-/m0/s1. The second kappa shape index (κ2) is 6.73. The highest BCUT2D eigenvalue weighted by Gasteiger charge is 2.23. The maximum absolute atomic E-state index is 2.62. The molecule has 0 radical (unpaired) electrons. The van der Waals surface area contributed by atoms with Crippen LogP contribution in [0.2, 0.25) is 0 Å². The molecule has 20 heavy (non-hydrogen) atoms. The van der Waals surface area contributed by atoms with E-state index in [4.69, 9.17) is 0 Å². The van der Waals surface area contributed by atoms with Gasteiger partial charge in [-0.05, 0) is 37.8 Å². The molecule has 0 bridgehead atoms. The van der Waals surface area contributed by atoms with E-state index in [0.29, 0.717) is 18.0 Å². The van der Waals surface area contributed by atoms with Crippen LogP contribution in [0.3, 0.4) is 0 Å². The monoisotopic (exact) mass is 274 g/mol. The van der Waals surface area contributed by atoms with Crippen LogP contribution < -0.4 is 0 Å². The summed E-state index contributed by atoms with van der Waals surface area (Å²) in [6.07, 6.45) is 0. The topological polar surface area (TPSA) is 6.48 Å². The van der Waals surface area contributed by atoms with Crippen LogP contribution in [0.25, 0.3) is 0 Å². The minimum absolute atomic E-state index is 0.531. The minimum Gasteiger partial charge on any atom is -0.298 e. The Labute approximate surface area is 124 Å². The van der Waals surface area contributed by atoms with Gasteiger partial charge in [0.2, 0.25) is 0 Å². The number of nitrogens with zero attached hydrogens (tertiary/aromatic N) is 2. The van der Waals surface area contributed by atoms with Crippen LogP contribution in [-0.4, -0.2) is 42.0 Å². The van der Waals surface area contributed by atoms with E-state index in [2.05, 4.69) is 68.7 Å². The molecule has 1 aliphatic heterocycles. The summed E-state index contributed by atoms with van der Waals surface area (Å²) in [5.41, 5.74) is 2.92. The molecule has 0 amide bonds. The largest absolute Gasteiger partial charge is 0.298 e. The Hall–Kier alpha value is -0.860. The molecule has 112 valence electrons. The Kier molecular flexibility index (Phi) is 5.22. The average molecular weight is 274 g/mol. The summed E-state index contributed by atoms with van der Waals surface area (Å²) in [6.45, 7) is 16.3. The maximum Gasteiger partial charge on any atom is 0.0321 e. The van der Waals surface area contributed by atoms with E-state index in [0.717, 1.165) is 0 Å². The summed E-state index contributed by atoms with van der Waals surface area (Å²) >= 11 is 0. The molecule has 1 atom stereocenters. The predicted octanol–water partition coefficient (Wildman–Crippen LogP) is 3.90. The lowest BCUT2D eigenvalue weighted by molar-refractivity contribution is 0.0833. The number of hydrogen-bond donors (Lipinski definition) is 0. The van der Waals surface area contributed by atoms with Gasteiger partial charge in [0.25, 0.3) is 0 Å². The van der Waals surface area contributed by atoms with Crippen molar-refractivity contribution in [2.45, 2.75) is 52.6 Å². The normalized spacial score (nSPS) is 19.8. The van der Waals surface area contributed by atoms with E-state index in [1.54, 1.807) is 0 Å². The van der Waals surface area contributed by atoms with Gasteiger partial charge < -0.3 is 0 Å².